The van der Waals surface area contributed by atoms with Gasteiger partial charge in [-0.25, -0.2) is 0 Å². The number of furan rings is 1. The van der Waals surface area contributed by atoms with Crippen molar-refractivity contribution in [3.05, 3.63) is 54.0 Å². The third-order valence-corrected chi connectivity index (χ3v) is 3.89. The molecular weight excluding hydrogens is 338 g/mol. The molecule has 0 radical (unpaired) electrons. The summed E-state index contributed by atoms with van der Waals surface area (Å²) in [6.45, 7) is 0.106. The molecular formula is C18H19N3O5. The van der Waals surface area contributed by atoms with E-state index in [0.717, 1.165) is 11.3 Å². The molecule has 8 heteroatoms. The minimum Gasteiger partial charge on any atom is -0.493 e. The normalized spacial score (nSPS) is 15.3. The standard InChI is InChI=1S/C18H19N3O5/c22-16(10-20-18(24)15-6-3-8-25-15)19-11-17(23)21-13-7-9-26-14-5-2-1-4-12(13)14/h1-6,8,13H,7,9-11H2,(H,19,22)(H,20,24)(H,21,23)/t13-/m1/s1. The molecule has 1 aliphatic heterocycles. The molecule has 0 saturated heterocycles. The van der Waals surface area contributed by atoms with Gasteiger partial charge < -0.3 is 25.1 Å². The van der Waals surface area contributed by atoms with Crippen LogP contribution in [-0.4, -0.2) is 37.4 Å². The SMILES string of the molecule is O=C(CNC(=O)c1ccco1)NCC(=O)N[C@@H]1CCOc2ccccc21. The molecule has 2 heterocycles. The van der Waals surface area contributed by atoms with Crippen molar-refractivity contribution in [2.45, 2.75) is 12.5 Å². The first-order chi connectivity index (χ1) is 12.6. The molecule has 0 bridgehead atoms. The van der Waals surface area contributed by atoms with Gasteiger partial charge in [-0.05, 0) is 18.2 Å². The number of hydrogen-bond acceptors (Lipinski definition) is 5. The van der Waals surface area contributed by atoms with E-state index in [4.69, 9.17) is 9.15 Å². The maximum Gasteiger partial charge on any atom is 0.287 e. The average molecular weight is 357 g/mol. The quantitative estimate of drug-likeness (QED) is 0.707. The summed E-state index contributed by atoms with van der Waals surface area (Å²) in [4.78, 5) is 35.5. The van der Waals surface area contributed by atoms with Crippen LogP contribution in [0.1, 0.15) is 28.6 Å². The van der Waals surface area contributed by atoms with Crippen molar-refractivity contribution in [1.29, 1.82) is 0 Å². The second-order valence-corrected chi connectivity index (χ2v) is 5.73. The van der Waals surface area contributed by atoms with Gasteiger partial charge in [0.1, 0.15) is 5.75 Å². The molecule has 0 aliphatic carbocycles. The fourth-order valence-corrected chi connectivity index (χ4v) is 2.63. The van der Waals surface area contributed by atoms with Gasteiger partial charge in [-0.2, -0.15) is 0 Å². The van der Waals surface area contributed by atoms with E-state index in [1.54, 1.807) is 6.07 Å². The first-order valence-electron chi connectivity index (χ1n) is 8.23. The number of nitrogens with one attached hydrogen (secondary N) is 3. The van der Waals surface area contributed by atoms with E-state index in [0.29, 0.717) is 13.0 Å². The molecule has 3 N–H and O–H groups in total. The van der Waals surface area contributed by atoms with Crippen molar-refractivity contribution < 1.29 is 23.5 Å². The zero-order valence-corrected chi connectivity index (χ0v) is 14.0. The first-order valence-corrected chi connectivity index (χ1v) is 8.23. The van der Waals surface area contributed by atoms with E-state index in [2.05, 4.69) is 16.0 Å². The molecule has 0 fully saturated rings. The lowest BCUT2D eigenvalue weighted by Crippen LogP contribution is -2.43. The summed E-state index contributed by atoms with van der Waals surface area (Å²) < 4.78 is 10.5. The summed E-state index contributed by atoms with van der Waals surface area (Å²) in [5.74, 6) is -0.388. The number of ether oxygens (including phenoxy) is 1. The summed E-state index contributed by atoms with van der Waals surface area (Å²) in [5.41, 5.74) is 0.920. The molecule has 3 rings (SSSR count). The van der Waals surface area contributed by atoms with Gasteiger partial charge in [0.05, 0.1) is 32.0 Å². The number of rotatable bonds is 6. The minimum absolute atomic E-state index is 0.119. The van der Waals surface area contributed by atoms with Crippen molar-refractivity contribution in [2.75, 3.05) is 19.7 Å². The maximum absolute atomic E-state index is 12.1. The summed E-state index contributed by atoms with van der Waals surface area (Å²) in [5, 5.41) is 7.76. The van der Waals surface area contributed by atoms with Crippen LogP contribution in [-0.2, 0) is 9.59 Å². The fraction of sp³-hybridized carbons (Fsp3) is 0.278. The van der Waals surface area contributed by atoms with Gasteiger partial charge >= 0.3 is 0 Å². The molecule has 0 spiro atoms. The van der Waals surface area contributed by atoms with Crippen LogP contribution < -0.4 is 20.7 Å². The molecule has 136 valence electrons. The second-order valence-electron chi connectivity index (χ2n) is 5.73. The third-order valence-electron chi connectivity index (χ3n) is 3.89. The Morgan fingerprint density at radius 3 is 2.62 bits per heavy atom. The van der Waals surface area contributed by atoms with Crippen LogP contribution in [0.25, 0.3) is 0 Å². The molecule has 0 saturated carbocycles. The monoisotopic (exact) mass is 357 g/mol. The number of carbonyl (C=O) groups excluding carboxylic acids is 3. The van der Waals surface area contributed by atoms with E-state index < -0.39 is 11.8 Å². The Morgan fingerprint density at radius 1 is 1.00 bits per heavy atom. The van der Waals surface area contributed by atoms with Crippen LogP contribution >= 0.6 is 0 Å². The van der Waals surface area contributed by atoms with E-state index in [1.165, 1.54) is 12.3 Å². The zero-order chi connectivity index (χ0) is 18.4. The van der Waals surface area contributed by atoms with E-state index in [9.17, 15) is 14.4 Å². The molecule has 3 amide bonds. The molecule has 1 aromatic heterocycles. The molecule has 0 unspecified atom stereocenters. The van der Waals surface area contributed by atoms with Crippen LogP contribution in [0.5, 0.6) is 5.75 Å². The molecule has 8 nitrogen and oxygen atoms in total. The number of benzene rings is 1. The molecule has 1 atom stereocenters. The summed E-state index contributed by atoms with van der Waals surface area (Å²) in [6.07, 6.45) is 2.03. The Hall–Kier alpha value is -3.29. The Labute approximate surface area is 149 Å². The predicted molar refractivity (Wildman–Crippen MR) is 91.5 cm³/mol. The fourth-order valence-electron chi connectivity index (χ4n) is 2.63. The number of amides is 3. The Morgan fingerprint density at radius 2 is 1.81 bits per heavy atom. The van der Waals surface area contributed by atoms with Gasteiger partial charge in [-0.3, -0.25) is 14.4 Å². The van der Waals surface area contributed by atoms with Crippen molar-refractivity contribution in [1.82, 2.24) is 16.0 Å². The van der Waals surface area contributed by atoms with Crippen LogP contribution in [0.2, 0.25) is 0 Å². The topological polar surface area (TPSA) is 110 Å². The van der Waals surface area contributed by atoms with Crippen LogP contribution in [0.3, 0.4) is 0 Å². The Balaban J connectivity index is 1.42. The summed E-state index contributed by atoms with van der Waals surface area (Å²) in [7, 11) is 0. The smallest absolute Gasteiger partial charge is 0.287 e. The van der Waals surface area contributed by atoms with Crippen LogP contribution in [0, 0.1) is 0 Å². The van der Waals surface area contributed by atoms with Crippen LogP contribution in [0.4, 0.5) is 0 Å². The van der Waals surface area contributed by atoms with E-state index in [-0.39, 0.29) is 30.8 Å². The van der Waals surface area contributed by atoms with Crippen molar-refractivity contribution in [3.63, 3.8) is 0 Å². The lowest BCUT2D eigenvalue weighted by molar-refractivity contribution is -0.126. The highest BCUT2D eigenvalue weighted by atomic mass is 16.5. The van der Waals surface area contributed by atoms with Crippen molar-refractivity contribution in [3.8, 4) is 5.75 Å². The number of para-hydroxylation sites is 1. The first kappa shape index (κ1) is 17.5. The Bertz CT molecular complexity index is 788. The van der Waals surface area contributed by atoms with Crippen molar-refractivity contribution in [2.24, 2.45) is 0 Å². The van der Waals surface area contributed by atoms with Gasteiger partial charge in [0.15, 0.2) is 5.76 Å². The number of carbonyl (C=O) groups is 3. The van der Waals surface area contributed by atoms with Gasteiger partial charge in [0.25, 0.3) is 5.91 Å². The molecule has 1 aromatic carbocycles. The lowest BCUT2D eigenvalue weighted by Gasteiger charge is -2.26. The second kappa shape index (κ2) is 8.19. The zero-order valence-electron chi connectivity index (χ0n) is 14.0. The Kier molecular flexibility index (Phi) is 5.52. The van der Waals surface area contributed by atoms with E-state index >= 15 is 0 Å². The highest BCUT2D eigenvalue weighted by molar-refractivity contribution is 5.94. The predicted octanol–water partition coefficient (Wildman–Crippen LogP) is 0.766. The largest absolute Gasteiger partial charge is 0.493 e. The maximum atomic E-state index is 12.1. The van der Waals surface area contributed by atoms with Gasteiger partial charge in [0.2, 0.25) is 11.8 Å². The lowest BCUT2D eigenvalue weighted by atomic mass is 10.0. The summed E-state index contributed by atoms with van der Waals surface area (Å²) in [6, 6.07) is 10.4. The van der Waals surface area contributed by atoms with Crippen LogP contribution in [0.15, 0.2) is 47.1 Å². The highest BCUT2D eigenvalue weighted by Gasteiger charge is 2.22. The van der Waals surface area contributed by atoms with Gasteiger partial charge in [-0.15, -0.1) is 0 Å². The minimum atomic E-state index is -0.492. The molecule has 2 aromatic rings. The highest BCUT2D eigenvalue weighted by Crippen LogP contribution is 2.31. The molecule has 26 heavy (non-hydrogen) atoms. The third kappa shape index (κ3) is 4.41. The summed E-state index contributed by atoms with van der Waals surface area (Å²) >= 11 is 0. The van der Waals surface area contributed by atoms with E-state index in [1.807, 2.05) is 24.3 Å². The van der Waals surface area contributed by atoms with Crippen molar-refractivity contribution >= 4 is 17.7 Å². The van der Waals surface area contributed by atoms with Gasteiger partial charge in [0, 0.05) is 12.0 Å². The molecule has 1 aliphatic rings. The average Bonchev–Trinajstić information content (AvgIpc) is 3.19. The number of hydrogen-bond donors (Lipinski definition) is 3. The van der Waals surface area contributed by atoms with Gasteiger partial charge in [-0.1, -0.05) is 18.2 Å². The number of fused-ring (bicyclic) bond motifs is 1.